The van der Waals surface area contributed by atoms with Gasteiger partial charge < -0.3 is 9.84 Å². The zero-order valence-corrected chi connectivity index (χ0v) is 9.87. The summed E-state index contributed by atoms with van der Waals surface area (Å²) < 4.78 is 29.2. The van der Waals surface area contributed by atoms with Gasteiger partial charge in [-0.2, -0.15) is 0 Å². The summed E-state index contributed by atoms with van der Waals surface area (Å²) in [6.45, 7) is 2.91. The first kappa shape index (κ1) is 14.3. The van der Waals surface area contributed by atoms with E-state index < -0.39 is 34.4 Å². The fourth-order valence-corrected chi connectivity index (χ4v) is 2.07. The Bertz CT molecular complexity index is 298. The van der Waals surface area contributed by atoms with E-state index in [9.17, 15) is 13.2 Å². The van der Waals surface area contributed by atoms with E-state index in [1.807, 2.05) is 0 Å². The molecular formula is C8H17NO5S. The predicted octanol–water partition coefficient (Wildman–Crippen LogP) is -0.904. The molecule has 0 aliphatic heterocycles. The van der Waals surface area contributed by atoms with Crippen molar-refractivity contribution in [2.75, 3.05) is 19.5 Å². The third kappa shape index (κ3) is 5.10. The van der Waals surface area contributed by atoms with Crippen molar-refractivity contribution in [3.05, 3.63) is 0 Å². The number of methoxy groups -OCH3 is 1. The average molecular weight is 239 g/mol. The lowest BCUT2D eigenvalue weighted by atomic mass is 10.1. The molecule has 0 fully saturated rings. The molecule has 0 aliphatic rings. The van der Waals surface area contributed by atoms with Crippen molar-refractivity contribution in [1.82, 2.24) is 4.72 Å². The molecule has 2 N–H and O–H groups in total. The summed E-state index contributed by atoms with van der Waals surface area (Å²) in [4.78, 5) is 11.2. The molecule has 90 valence electrons. The van der Waals surface area contributed by atoms with Gasteiger partial charge in [0.05, 0.1) is 19.5 Å². The molecule has 0 rings (SSSR count). The minimum atomic E-state index is -3.63. The second-order valence-electron chi connectivity index (χ2n) is 3.41. The van der Waals surface area contributed by atoms with E-state index in [1.165, 1.54) is 7.11 Å². The third-order valence-corrected chi connectivity index (χ3v) is 3.12. The summed E-state index contributed by atoms with van der Waals surface area (Å²) in [5.41, 5.74) is 0. The molecule has 0 aromatic carbocycles. The molecule has 15 heavy (non-hydrogen) atoms. The lowest BCUT2D eigenvalue weighted by molar-refractivity contribution is -0.143. The van der Waals surface area contributed by atoms with Gasteiger partial charge in [0.2, 0.25) is 10.0 Å². The molecule has 7 heteroatoms. The molecule has 1 unspecified atom stereocenters. The average Bonchev–Trinajstić information content (AvgIpc) is 2.12. The Hall–Kier alpha value is -0.660. The van der Waals surface area contributed by atoms with Crippen molar-refractivity contribution in [3.63, 3.8) is 0 Å². The van der Waals surface area contributed by atoms with Crippen LogP contribution < -0.4 is 4.72 Å². The number of aliphatic hydroxyl groups is 1. The molecule has 0 saturated carbocycles. The molecule has 0 saturated heterocycles. The first-order valence-electron chi connectivity index (χ1n) is 4.52. The third-order valence-electron chi connectivity index (χ3n) is 1.79. The Balaban J connectivity index is 4.62. The standard InChI is InChI=1S/C8H17NO5S/c1-6(2)7(8(11)14-3)9-15(12,13)5-4-10/h6-7,9-10H,4-5H2,1-3H3. The Kier molecular flexibility index (Phi) is 5.77. The Morgan fingerprint density at radius 1 is 1.47 bits per heavy atom. The van der Waals surface area contributed by atoms with Crippen LogP contribution in [0, 0.1) is 5.92 Å². The number of ether oxygens (including phenoxy) is 1. The first-order valence-corrected chi connectivity index (χ1v) is 6.18. The highest BCUT2D eigenvalue weighted by Gasteiger charge is 2.27. The number of carbonyl (C=O) groups excluding carboxylic acids is 1. The molecule has 0 amide bonds. The van der Waals surface area contributed by atoms with Crippen LogP contribution in [0.15, 0.2) is 0 Å². The second kappa shape index (κ2) is 6.04. The SMILES string of the molecule is COC(=O)C(NS(=O)(=O)CCO)C(C)C. The van der Waals surface area contributed by atoms with E-state index in [0.29, 0.717) is 0 Å². The van der Waals surface area contributed by atoms with Crippen LogP contribution in [0.25, 0.3) is 0 Å². The topological polar surface area (TPSA) is 92.7 Å². The summed E-state index contributed by atoms with van der Waals surface area (Å²) in [7, 11) is -2.44. The highest BCUT2D eigenvalue weighted by Crippen LogP contribution is 2.05. The van der Waals surface area contributed by atoms with Crippen LogP contribution in [-0.4, -0.2) is 45.0 Å². The number of sulfonamides is 1. The lowest BCUT2D eigenvalue weighted by Crippen LogP contribution is -2.46. The fraction of sp³-hybridized carbons (Fsp3) is 0.875. The monoisotopic (exact) mass is 239 g/mol. The van der Waals surface area contributed by atoms with E-state index >= 15 is 0 Å². The van der Waals surface area contributed by atoms with Gasteiger partial charge in [0.1, 0.15) is 6.04 Å². The van der Waals surface area contributed by atoms with Gasteiger partial charge in [0, 0.05) is 0 Å². The van der Waals surface area contributed by atoms with Crippen molar-refractivity contribution in [3.8, 4) is 0 Å². The summed E-state index contributed by atoms with van der Waals surface area (Å²) >= 11 is 0. The van der Waals surface area contributed by atoms with Gasteiger partial charge >= 0.3 is 5.97 Å². The quantitative estimate of drug-likeness (QED) is 0.586. The van der Waals surface area contributed by atoms with E-state index in [4.69, 9.17) is 5.11 Å². The van der Waals surface area contributed by atoms with E-state index in [-0.39, 0.29) is 5.92 Å². The van der Waals surface area contributed by atoms with Crippen LogP contribution in [-0.2, 0) is 19.6 Å². The van der Waals surface area contributed by atoms with Crippen molar-refractivity contribution in [1.29, 1.82) is 0 Å². The number of nitrogens with one attached hydrogen (secondary N) is 1. The fourth-order valence-electron chi connectivity index (χ4n) is 0.956. The number of aliphatic hydroxyl groups excluding tert-OH is 1. The molecule has 0 aromatic heterocycles. The van der Waals surface area contributed by atoms with E-state index in [1.54, 1.807) is 13.8 Å². The van der Waals surface area contributed by atoms with Crippen LogP contribution in [0.2, 0.25) is 0 Å². The molecule has 0 bridgehead atoms. The molecule has 0 heterocycles. The van der Waals surface area contributed by atoms with Crippen LogP contribution in [0.4, 0.5) is 0 Å². The number of hydrogen-bond donors (Lipinski definition) is 2. The smallest absolute Gasteiger partial charge is 0.324 e. The van der Waals surface area contributed by atoms with Crippen LogP contribution in [0.1, 0.15) is 13.8 Å². The van der Waals surface area contributed by atoms with Crippen LogP contribution >= 0.6 is 0 Å². The number of rotatable bonds is 6. The van der Waals surface area contributed by atoms with Gasteiger partial charge in [0.25, 0.3) is 0 Å². The highest BCUT2D eigenvalue weighted by atomic mass is 32.2. The van der Waals surface area contributed by atoms with Crippen LogP contribution in [0.5, 0.6) is 0 Å². The molecular weight excluding hydrogens is 222 g/mol. The van der Waals surface area contributed by atoms with E-state index in [0.717, 1.165) is 0 Å². The van der Waals surface area contributed by atoms with Gasteiger partial charge in [-0.1, -0.05) is 13.8 Å². The van der Waals surface area contributed by atoms with Crippen molar-refractivity contribution in [2.45, 2.75) is 19.9 Å². The Labute approximate surface area is 89.7 Å². The minimum absolute atomic E-state index is 0.217. The zero-order valence-electron chi connectivity index (χ0n) is 9.06. The first-order chi connectivity index (χ1) is 6.84. The number of carbonyl (C=O) groups is 1. The minimum Gasteiger partial charge on any atom is -0.468 e. The van der Waals surface area contributed by atoms with Gasteiger partial charge in [-0.3, -0.25) is 4.79 Å². The lowest BCUT2D eigenvalue weighted by Gasteiger charge is -2.19. The van der Waals surface area contributed by atoms with Crippen molar-refractivity contribution in [2.24, 2.45) is 5.92 Å². The number of esters is 1. The number of hydrogen-bond acceptors (Lipinski definition) is 5. The molecule has 0 spiro atoms. The normalized spacial score (nSPS) is 13.9. The summed E-state index contributed by atoms with van der Waals surface area (Å²) in [5.74, 6) is -1.27. The van der Waals surface area contributed by atoms with Gasteiger partial charge in [-0.05, 0) is 5.92 Å². The summed E-state index contributed by atoms with van der Waals surface area (Å²) in [6.07, 6.45) is 0. The van der Waals surface area contributed by atoms with Crippen molar-refractivity contribution < 1.29 is 23.1 Å². The van der Waals surface area contributed by atoms with E-state index in [2.05, 4.69) is 9.46 Å². The Morgan fingerprint density at radius 2 is 2.00 bits per heavy atom. The van der Waals surface area contributed by atoms with Gasteiger partial charge in [0.15, 0.2) is 0 Å². The molecule has 0 aromatic rings. The molecule has 6 nitrogen and oxygen atoms in total. The highest BCUT2D eigenvalue weighted by molar-refractivity contribution is 7.89. The van der Waals surface area contributed by atoms with Gasteiger partial charge in [-0.15, -0.1) is 0 Å². The van der Waals surface area contributed by atoms with Gasteiger partial charge in [-0.25, -0.2) is 13.1 Å². The molecule has 1 atom stereocenters. The maximum atomic E-state index is 11.3. The predicted molar refractivity (Wildman–Crippen MR) is 54.7 cm³/mol. The molecule has 0 radical (unpaired) electrons. The zero-order chi connectivity index (χ0) is 12.1. The summed E-state index contributed by atoms with van der Waals surface area (Å²) in [6, 6.07) is -0.911. The Morgan fingerprint density at radius 3 is 2.33 bits per heavy atom. The maximum Gasteiger partial charge on any atom is 0.324 e. The van der Waals surface area contributed by atoms with Crippen molar-refractivity contribution >= 4 is 16.0 Å². The second-order valence-corrected chi connectivity index (χ2v) is 5.28. The van der Waals surface area contributed by atoms with Crippen LogP contribution in [0.3, 0.4) is 0 Å². The summed E-state index contributed by atoms with van der Waals surface area (Å²) in [5, 5.41) is 8.51. The maximum absolute atomic E-state index is 11.3. The molecule has 0 aliphatic carbocycles. The largest absolute Gasteiger partial charge is 0.468 e.